The Morgan fingerprint density at radius 1 is 1.26 bits per heavy atom. The van der Waals surface area contributed by atoms with Crippen LogP contribution in [0.2, 0.25) is 0 Å². The Kier molecular flexibility index (Phi) is 3.64. The number of hydrogen-bond donors (Lipinski definition) is 0. The third kappa shape index (κ3) is 2.37. The maximum atomic E-state index is 11.7. The van der Waals surface area contributed by atoms with E-state index in [9.17, 15) is 9.59 Å². The normalized spacial score (nSPS) is 40.6. The van der Waals surface area contributed by atoms with Crippen LogP contribution in [0.4, 0.5) is 0 Å². The highest BCUT2D eigenvalue weighted by Gasteiger charge is 2.67. The standard InChI is InChI=1S/C13H18O6/c1-7-8(5-6-9(14)16-3)18-11(12(15)17-4)13(2)10(7)19-13/h5-8,10-11H,1-4H3/b6-5+. The van der Waals surface area contributed by atoms with Gasteiger partial charge in [0, 0.05) is 12.0 Å². The topological polar surface area (TPSA) is 74.4 Å². The molecule has 0 aromatic rings. The summed E-state index contributed by atoms with van der Waals surface area (Å²) in [5.74, 6) is -0.879. The van der Waals surface area contributed by atoms with E-state index in [4.69, 9.17) is 14.2 Å². The predicted octanol–water partition coefficient (Wildman–Crippen LogP) is 0.450. The first-order valence-electron chi connectivity index (χ1n) is 6.11. The molecule has 106 valence electrons. The van der Waals surface area contributed by atoms with E-state index in [-0.39, 0.29) is 18.1 Å². The average Bonchev–Trinajstić information content (AvgIpc) is 3.10. The molecule has 0 radical (unpaired) electrons. The Balaban J connectivity index is 2.12. The molecule has 2 rings (SSSR count). The number of epoxide rings is 1. The van der Waals surface area contributed by atoms with Gasteiger partial charge in [0.2, 0.25) is 0 Å². The zero-order valence-corrected chi connectivity index (χ0v) is 11.4. The van der Waals surface area contributed by atoms with E-state index in [1.807, 2.05) is 13.8 Å². The Labute approximate surface area is 111 Å². The van der Waals surface area contributed by atoms with E-state index in [0.29, 0.717) is 0 Å². The lowest BCUT2D eigenvalue weighted by atomic mass is 9.85. The van der Waals surface area contributed by atoms with Crippen molar-refractivity contribution in [3.63, 3.8) is 0 Å². The highest BCUT2D eigenvalue weighted by molar-refractivity contribution is 5.82. The molecule has 5 unspecified atom stereocenters. The molecule has 2 heterocycles. The minimum absolute atomic E-state index is 0.0480. The summed E-state index contributed by atoms with van der Waals surface area (Å²) in [6, 6.07) is 0. The van der Waals surface area contributed by atoms with Crippen molar-refractivity contribution in [3.8, 4) is 0 Å². The number of esters is 2. The lowest BCUT2D eigenvalue weighted by Crippen LogP contribution is -2.49. The second-order valence-electron chi connectivity index (χ2n) is 4.97. The summed E-state index contributed by atoms with van der Waals surface area (Å²) in [5, 5.41) is 0. The first-order valence-corrected chi connectivity index (χ1v) is 6.11. The van der Waals surface area contributed by atoms with Crippen LogP contribution in [-0.4, -0.2) is 50.1 Å². The summed E-state index contributed by atoms with van der Waals surface area (Å²) in [6.07, 6.45) is 1.65. The molecule has 0 aromatic carbocycles. The first kappa shape index (κ1) is 14.0. The predicted molar refractivity (Wildman–Crippen MR) is 64.3 cm³/mol. The molecule has 0 bridgehead atoms. The molecular weight excluding hydrogens is 252 g/mol. The number of hydrogen-bond acceptors (Lipinski definition) is 6. The van der Waals surface area contributed by atoms with Gasteiger partial charge in [0.25, 0.3) is 0 Å². The molecule has 0 aromatic heterocycles. The van der Waals surface area contributed by atoms with Gasteiger partial charge in [-0.25, -0.2) is 9.59 Å². The molecule has 2 aliphatic heterocycles. The minimum atomic E-state index is -0.772. The second-order valence-corrected chi connectivity index (χ2v) is 4.97. The van der Waals surface area contributed by atoms with E-state index in [0.717, 1.165) is 0 Å². The molecule has 2 fully saturated rings. The summed E-state index contributed by atoms with van der Waals surface area (Å²) < 4.78 is 20.6. The van der Waals surface area contributed by atoms with Crippen LogP contribution < -0.4 is 0 Å². The Bertz CT molecular complexity index is 417. The monoisotopic (exact) mass is 270 g/mol. The highest BCUT2D eigenvalue weighted by atomic mass is 16.7. The first-order chi connectivity index (χ1) is 8.93. The van der Waals surface area contributed by atoms with Crippen LogP contribution in [0.1, 0.15) is 13.8 Å². The molecule has 0 aliphatic carbocycles. The van der Waals surface area contributed by atoms with Crippen LogP contribution in [0, 0.1) is 5.92 Å². The summed E-state index contributed by atoms with van der Waals surface area (Å²) >= 11 is 0. The largest absolute Gasteiger partial charge is 0.467 e. The minimum Gasteiger partial charge on any atom is -0.467 e. The number of carbonyl (C=O) groups excluding carboxylic acids is 2. The van der Waals surface area contributed by atoms with E-state index < -0.39 is 23.6 Å². The van der Waals surface area contributed by atoms with Crippen molar-refractivity contribution in [1.29, 1.82) is 0 Å². The molecule has 6 heteroatoms. The number of methoxy groups -OCH3 is 2. The highest BCUT2D eigenvalue weighted by Crippen LogP contribution is 2.51. The molecule has 5 atom stereocenters. The molecule has 0 N–H and O–H groups in total. The Morgan fingerprint density at radius 3 is 2.53 bits per heavy atom. The number of ether oxygens (including phenoxy) is 4. The van der Waals surface area contributed by atoms with Gasteiger partial charge in [-0.05, 0) is 13.0 Å². The number of fused-ring (bicyclic) bond motifs is 1. The molecular formula is C13H18O6. The summed E-state index contributed by atoms with van der Waals surface area (Å²) in [6.45, 7) is 3.78. The molecule has 0 amide bonds. The van der Waals surface area contributed by atoms with Gasteiger partial charge in [0.15, 0.2) is 6.10 Å². The maximum Gasteiger partial charge on any atom is 0.338 e. The van der Waals surface area contributed by atoms with Crippen molar-refractivity contribution in [2.24, 2.45) is 5.92 Å². The fourth-order valence-electron chi connectivity index (χ4n) is 2.53. The molecule has 2 saturated heterocycles. The van der Waals surface area contributed by atoms with Gasteiger partial charge in [0.05, 0.1) is 26.4 Å². The molecule has 6 nitrogen and oxygen atoms in total. The van der Waals surface area contributed by atoms with Gasteiger partial charge in [-0.2, -0.15) is 0 Å². The fourth-order valence-corrected chi connectivity index (χ4v) is 2.53. The number of carbonyl (C=O) groups is 2. The lowest BCUT2D eigenvalue weighted by molar-refractivity contribution is -0.165. The van der Waals surface area contributed by atoms with E-state index in [2.05, 4.69) is 4.74 Å². The van der Waals surface area contributed by atoms with Gasteiger partial charge in [0.1, 0.15) is 5.60 Å². The molecule has 2 aliphatic rings. The van der Waals surface area contributed by atoms with Crippen LogP contribution >= 0.6 is 0 Å². The van der Waals surface area contributed by atoms with Crippen molar-refractivity contribution in [2.45, 2.75) is 37.8 Å². The zero-order valence-electron chi connectivity index (χ0n) is 11.4. The van der Waals surface area contributed by atoms with Crippen molar-refractivity contribution < 1.29 is 28.5 Å². The van der Waals surface area contributed by atoms with Crippen molar-refractivity contribution in [2.75, 3.05) is 14.2 Å². The van der Waals surface area contributed by atoms with Gasteiger partial charge < -0.3 is 18.9 Å². The summed E-state index contributed by atoms with van der Waals surface area (Å²) in [7, 11) is 2.61. The van der Waals surface area contributed by atoms with Crippen LogP contribution in [0.3, 0.4) is 0 Å². The van der Waals surface area contributed by atoms with Crippen molar-refractivity contribution in [3.05, 3.63) is 12.2 Å². The van der Waals surface area contributed by atoms with Gasteiger partial charge >= 0.3 is 11.9 Å². The van der Waals surface area contributed by atoms with Gasteiger partial charge in [-0.3, -0.25) is 0 Å². The van der Waals surface area contributed by atoms with Gasteiger partial charge in [-0.15, -0.1) is 0 Å². The van der Waals surface area contributed by atoms with Crippen molar-refractivity contribution in [1.82, 2.24) is 0 Å². The van der Waals surface area contributed by atoms with E-state index in [1.54, 1.807) is 6.08 Å². The SMILES string of the molecule is COC(=O)/C=C/C1OC(C(=O)OC)C2(C)OC2C1C. The molecule has 0 saturated carbocycles. The number of rotatable bonds is 3. The summed E-state index contributed by atoms with van der Waals surface area (Å²) in [5.41, 5.74) is -0.623. The van der Waals surface area contributed by atoms with Crippen LogP contribution in [0.15, 0.2) is 12.2 Å². The third-order valence-electron chi connectivity index (χ3n) is 3.74. The third-order valence-corrected chi connectivity index (χ3v) is 3.74. The molecule has 0 spiro atoms. The maximum absolute atomic E-state index is 11.7. The lowest BCUT2D eigenvalue weighted by Gasteiger charge is -2.32. The average molecular weight is 270 g/mol. The molecule has 19 heavy (non-hydrogen) atoms. The van der Waals surface area contributed by atoms with Crippen molar-refractivity contribution >= 4 is 11.9 Å². The Hall–Kier alpha value is -1.40. The zero-order chi connectivity index (χ0) is 14.2. The second kappa shape index (κ2) is 4.94. The van der Waals surface area contributed by atoms with Gasteiger partial charge in [-0.1, -0.05) is 6.92 Å². The Morgan fingerprint density at radius 2 is 1.95 bits per heavy atom. The quantitative estimate of drug-likeness (QED) is 0.421. The fraction of sp³-hybridized carbons (Fsp3) is 0.692. The smallest absolute Gasteiger partial charge is 0.338 e. The van der Waals surface area contributed by atoms with Crippen LogP contribution in [0.25, 0.3) is 0 Å². The van der Waals surface area contributed by atoms with Crippen LogP contribution in [-0.2, 0) is 28.5 Å². The van der Waals surface area contributed by atoms with E-state index >= 15 is 0 Å². The summed E-state index contributed by atoms with van der Waals surface area (Å²) in [4.78, 5) is 22.8. The van der Waals surface area contributed by atoms with Crippen LogP contribution in [0.5, 0.6) is 0 Å². The van der Waals surface area contributed by atoms with E-state index in [1.165, 1.54) is 20.3 Å².